The highest BCUT2D eigenvalue weighted by Gasteiger charge is 2.39. The molecule has 0 amide bonds. The van der Waals surface area contributed by atoms with Crippen LogP contribution in [0.5, 0.6) is 0 Å². The lowest BCUT2D eigenvalue weighted by atomic mass is 9.74. The SMILES string of the molecule is CCNC1CC(C)CC(C)C1N1CCC(C)C(C)C1. The number of rotatable bonds is 3. The predicted molar refractivity (Wildman–Crippen MR) is 83.3 cm³/mol. The van der Waals surface area contributed by atoms with E-state index >= 15 is 0 Å². The second-order valence-electron chi connectivity index (χ2n) is 7.45. The zero-order chi connectivity index (χ0) is 14.0. The van der Waals surface area contributed by atoms with Gasteiger partial charge in [-0.25, -0.2) is 0 Å². The number of hydrogen-bond acceptors (Lipinski definition) is 2. The van der Waals surface area contributed by atoms with E-state index in [1.165, 1.54) is 32.4 Å². The summed E-state index contributed by atoms with van der Waals surface area (Å²) in [5, 5.41) is 3.78. The molecular formula is C17H34N2. The third-order valence-electron chi connectivity index (χ3n) is 5.68. The molecule has 0 aromatic rings. The Morgan fingerprint density at radius 2 is 1.74 bits per heavy atom. The van der Waals surface area contributed by atoms with Gasteiger partial charge in [-0.1, -0.05) is 34.6 Å². The van der Waals surface area contributed by atoms with Crippen LogP contribution in [0.2, 0.25) is 0 Å². The molecule has 2 nitrogen and oxygen atoms in total. The minimum atomic E-state index is 0.712. The summed E-state index contributed by atoms with van der Waals surface area (Å²) in [4.78, 5) is 2.81. The highest BCUT2D eigenvalue weighted by atomic mass is 15.2. The average Bonchev–Trinajstić information content (AvgIpc) is 2.33. The van der Waals surface area contributed by atoms with Crippen molar-refractivity contribution in [1.29, 1.82) is 0 Å². The smallest absolute Gasteiger partial charge is 0.0275 e. The van der Waals surface area contributed by atoms with E-state index in [9.17, 15) is 0 Å². The van der Waals surface area contributed by atoms with Gasteiger partial charge in [-0.3, -0.25) is 4.90 Å². The van der Waals surface area contributed by atoms with Crippen molar-refractivity contribution in [3.05, 3.63) is 0 Å². The first kappa shape index (κ1) is 15.3. The Balaban J connectivity index is 2.06. The Morgan fingerprint density at radius 3 is 2.37 bits per heavy atom. The highest BCUT2D eigenvalue weighted by molar-refractivity contribution is 4.95. The van der Waals surface area contributed by atoms with Crippen molar-refractivity contribution in [3.63, 3.8) is 0 Å². The normalized spacial score (nSPS) is 45.3. The Hall–Kier alpha value is -0.0800. The van der Waals surface area contributed by atoms with E-state index in [-0.39, 0.29) is 0 Å². The van der Waals surface area contributed by atoms with Gasteiger partial charge in [0.25, 0.3) is 0 Å². The maximum absolute atomic E-state index is 3.78. The van der Waals surface area contributed by atoms with Gasteiger partial charge in [0.15, 0.2) is 0 Å². The number of nitrogens with one attached hydrogen (secondary N) is 1. The van der Waals surface area contributed by atoms with Crippen molar-refractivity contribution in [3.8, 4) is 0 Å². The van der Waals surface area contributed by atoms with Gasteiger partial charge in [-0.2, -0.15) is 0 Å². The zero-order valence-electron chi connectivity index (χ0n) is 13.7. The summed E-state index contributed by atoms with van der Waals surface area (Å²) in [5.74, 6) is 3.50. The maximum atomic E-state index is 3.78. The second-order valence-corrected chi connectivity index (χ2v) is 7.45. The molecule has 0 aromatic carbocycles. The van der Waals surface area contributed by atoms with Crippen molar-refractivity contribution in [2.75, 3.05) is 19.6 Å². The van der Waals surface area contributed by atoms with Gasteiger partial charge in [0, 0.05) is 18.6 Å². The number of likely N-dealkylation sites (tertiary alicyclic amines) is 1. The molecule has 2 fully saturated rings. The number of piperidine rings is 1. The summed E-state index contributed by atoms with van der Waals surface area (Å²) < 4.78 is 0. The monoisotopic (exact) mass is 266 g/mol. The summed E-state index contributed by atoms with van der Waals surface area (Å²) >= 11 is 0. The third-order valence-corrected chi connectivity index (χ3v) is 5.68. The van der Waals surface area contributed by atoms with Gasteiger partial charge in [0.1, 0.15) is 0 Å². The molecule has 1 N–H and O–H groups in total. The molecular weight excluding hydrogens is 232 g/mol. The zero-order valence-corrected chi connectivity index (χ0v) is 13.7. The van der Waals surface area contributed by atoms with E-state index in [0.717, 1.165) is 36.3 Å². The van der Waals surface area contributed by atoms with Gasteiger partial charge in [0.05, 0.1) is 0 Å². The standard InChI is InChI=1S/C17H34N2/c1-6-18-16-10-12(2)9-14(4)17(16)19-8-7-13(3)15(5)11-19/h12-18H,6-11H2,1-5H3. The first-order valence-corrected chi connectivity index (χ1v) is 8.50. The molecule has 0 aromatic heterocycles. The van der Waals surface area contributed by atoms with Crippen molar-refractivity contribution in [1.82, 2.24) is 10.2 Å². The predicted octanol–water partition coefficient (Wildman–Crippen LogP) is 3.38. The highest BCUT2D eigenvalue weighted by Crippen LogP contribution is 2.35. The van der Waals surface area contributed by atoms with Crippen LogP contribution in [0.15, 0.2) is 0 Å². The van der Waals surface area contributed by atoms with Crippen molar-refractivity contribution in [2.45, 2.75) is 66.0 Å². The molecule has 2 aliphatic rings. The molecule has 1 saturated heterocycles. The van der Waals surface area contributed by atoms with Crippen LogP contribution in [0.3, 0.4) is 0 Å². The van der Waals surface area contributed by atoms with Crippen LogP contribution < -0.4 is 5.32 Å². The van der Waals surface area contributed by atoms with Crippen molar-refractivity contribution < 1.29 is 0 Å². The number of nitrogens with zero attached hydrogens (tertiary/aromatic N) is 1. The van der Waals surface area contributed by atoms with Crippen LogP contribution in [0, 0.1) is 23.7 Å². The lowest BCUT2D eigenvalue weighted by Crippen LogP contribution is -2.59. The lowest BCUT2D eigenvalue weighted by Gasteiger charge is -2.49. The van der Waals surface area contributed by atoms with Crippen LogP contribution in [-0.4, -0.2) is 36.6 Å². The number of likely N-dealkylation sites (N-methyl/N-ethyl adjacent to an activating group) is 1. The van der Waals surface area contributed by atoms with E-state index in [1.54, 1.807) is 0 Å². The molecule has 1 aliphatic heterocycles. The van der Waals surface area contributed by atoms with Crippen LogP contribution in [0.4, 0.5) is 0 Å². The fraction of sp³-hybridized carbons (Fsp3) is 1.00. The summed E-state index contributed by atoms with van der Waals surface area (Å²) in [6.07, 6.45) is 4.16. The summed E-state index contributed by atoms with van der Waals surface area (Å²) in [7, 11) is 0. The van der Waals surface area contributed by atoms with E-state index in [1.807, 2.05) is 0 Å². The summed E-state index contributed by atoms with van der Waals surface area (Å²) in [5.41, 5.74) is 0. The quantitative estimate of drug-likeness (QED) is 0.842. The Bertz CT molecular complexity index is 278. The van der Waals surface area contributed by atoms with Crippen LogP contribution in [0.25, 0.3) is 0 Å². The second kappa shape index (κ2) is 6.58. The topological polar surface area (TPSA) is 15.3 Å². The van der Waals surface area contributed by atoms with Crippen LogP contribution in [-0.2, 0) is 0 Å². The van der Waals surface area contributed by atoms with Crippen LogP contribution in [0.1, 0.15) is 53.9 Å². The van der Waals surface area contributed by atoms with E-state index < -0.39 is 0 Å². The summed E-state index contributed by atoms with van der Waals surface area (Å²) in [6, 6.07) is 1.48. The molecule has 112 valence electrons. The Kier molecular flexibility index (Phi) is 5.30. The molecule has 6 atom stereocenters. The third kappa shape index (κ3) is 3.52. The average molecular weight is 266 g/mol. The van der Waals surface area contributed by atoms with E-state index in [0.29, 0.717) is 6.04 Å². The van der Waals surface area contributed by atoms with Gasteiger partial charge < -0.3 is 5.32 Å². The molecule has 1 heterocycles. The van der Waals surface area contributed by atoms with Gasteiger partial charge in [-0.05, 0) is 56.0 Å². The molecule has 19 heavy (non-hydrogen) atoms. The van der Waals surface area contributed by atoms with Crippen LogP contribution >= 0.6 is 0 Å². The Morgan fingerprint density at radius 1 is 1.00 bits per heavy atom. The minimum Gasteiger partial charge on any atom is -0.313 e. The molecule has 2 heteroatoms. The van der Waals surface area contributed by atoms with E-state index in [4.69, 9.17) is 0 Å². The lowest BCUT2D eigenvalue weighted by molar-refractivity contribution is 0.0195. The fourth-order valence-corrected chi connectivity index (χ4v) is 4.49. The first-order chi connectivity index (χ1) is 9.02. The fourth-order valence-electron chi connectivity index (χ4n) is 4.49. The van der Waals surface area contributed by atoms with E-state index in [2.05, 4.69) is 44.8 Å². The van der Waals surface area contributed by atoms with Crippen molar-refractivity contribution in [2.24, 2.45) is 23.7 Å². The molecule has 0 spiro atoms. The Labute approximate surface area is 120 Å². The molecule has 0 bridgehead atoms. The summed E-state index contributed by atoms with van der Waals surface area (Å²) in [6.45, 7) is 15.8. The van der Waals surface area contributed by atoms with Gasteiger partial charge in [-0.15, -0.1) is 0 Å². The molecule has 6 unspecified atom stereocenters. The van der Waals surface area contributed by atoms with Gasteiger partial charge >= 0.3 is 0 Å². The minimum absolute atomic E-state index is 0.712. The van der Waals surface area contributed by atoms with Crippen molar-refractivity contribution >= 4 is 0 Å². The number of hydrogen-bond donors (Lipinski definition) is 1. The molecule has 2 rings (SSSR count). The maximum Gasteiger partial charge on any atom is 0.0275 e. The largest absolute Gasteiger partial charge is 0.313 e. The molecule has 1 aliphatic carbocycles. The molecule has 1 saturated carbocycles. The van der Waals surface area contributed by atoms with Gasteiger partial charge in [0.2, 0.25) is 0 Å². The first-order valence-electron chi connectivity index (χ1n) is 8.50. The molecule has 0 radical (unpaired) electrons.